The van der Waals surface area contributed by atoms with E-state index < -0.39 is 0 Å². The molecule has 0 saturated heterocycles. The van der Waals surface area contributed by atoms with Crippen LogP contribution in [-0.4, -0.2) is 16.4 Å². The second-order valence-corrected chi connectivity index (χ2v) is 4.52. The number of aryl methyl sites for hydroxylation is 1. The molecule has 102 valence electrons. The summed E-state index contributed by atoms with van der Waals surface area (Å²) in [6.45, 7) is 4.77. The molecule has 1 aromatic heterocycles. The van der Waals surface area contributed by atoms with E-state index in [1.54, 1.807) is 4.68 Å². The van der Waals surface area contributed by atoms with E-state index in [1.165, 1.54) is 0 Å². The highest BCUT2D eigenvalue weighted by molar-refractivity contribution is 5.73. The summed E-state index contributed by atoms with van der Waals surface area (Å²) < 4.78 is 7.42. The highest BCUT2D eigenvalue weighted by Crippen LogP contribution is 2.34. The average Bonchev–Trinajstić information content (AvgIpc) is 2.69. The van der Waals surface area contributed by atoms with E-state index in [2.05, 4.69) is 12.0 Å². The molecule has 4 heteroatoms. The van der Waals surface area contributed by atoms with Crippen LogP contribution in [0.3, 0.4) is 0 Å². The molecule has 0 bridgehead atoms. The molecule has 0 aliphatic heterocycles. The van der Waals surface area contributed by atoms with Crippen molar-refractivity contribution >= 4 is 5.82 Å². The third kappa shape index (κ3) is 2.57. The van der Waals surface area contributed by atoms with Gasteiger partial charge < -0.3 is 10.5 Å². The largest absolute Gasteiger partial charge is 0.493 e. The summed E-state index contributed by atoms with van der Waals surface area (Å²) in [6.07, 6.45) is 1.97. The van der Waals surface area contributed by atoms with E-state index in [0.717, 1.165) is 41.2 Å². The molecule has 0 aliphatic carbocycles. The Labute approximate surface area is 114 Å². The standard InChI is InChI=1S/C15H21N3O/c1-4-8-12-14(17-18(3)15(12)16)11-9-6-7-10-13(11)19-5-2/h6-7,9-10H,4-5,8,16H2,1-3H3. The lowest BCUT2D eigenvalue weighted by molar-refractivity contribution is 0.341. The third-order valence-corrected chi connectivity index (χ3v) is 3.14. The topological polar surface area (TPSA) is 53.1 Å². The number of nitrogens with two attached hydrogens (primary N) is 1. The molecular weight excluding hydrogens is 238 g/mol. The first-order chi connectivity index (χ1) is 9.19. The molecular formula is C15H21N3O. The van der Waals surface area contributed by atoms with Crippen LogP contribution in [0.25, 0.3) is 11.3 Å². The van der Waals surface area contributed by atoms with Gasteiger partial charge in [-0.15, -0.1) is 0 Å². The van der Waals surface area contributed by atoms with Crippen LogP contribution in [0.5, 0.6) is 5.75 Å². The van der Waals surface area contributed by atoms with Gasteiger partial charge in [-0.2, -0.15) is 5.10 Å². The van der Waals surface area contributed by atoms with Crippen molar-refractivity contribution in [3.05, 3.63) is 29.8 Å². The molecule has 0 radical (unpaired) electrons. The van der Waals surface area contributed by atoms with Crippen LogP contribution in [0, 0.1) is 0 Å². The van der Waals surface area contributed by atoms with Crippen molar-refractivity contribution in [1.29, 1.82) is 0 Å². The molecule has 0 atom stereocenters. The monoisotopic (exact) mass is 259 g/mol. The Kier molecular flexibility index (Phi) is 4.10. The molecule has 0 fully saturated rings. The minimum absolute atomic E-state index is 0.641. The number of rotatable bonds is 5. The molecule has 0 unspecified atom stereocenters. The summed E-state index contributed by atoms with van der Waals surface area (Å²) in [5, 5.41) is 4.55. The van der Waals surface area contributed by atoms with E-state index in [1.807, 2.05) is 38.2 Å². The fourth-order valence-electron chi connectivity index (χ4n) is 2.24. The van der Waals surface area contributed by atoms with E-state index in [9.17, 15) is 0 Å². The second-order valence-electron chi connectivity index (χ2n) is 4.52. The summed E-state index contributed by atoms with van der Waals surface area (Å²) in [7, 11) is 1.88. The predicted octanol–water partition coefficient (Wildman–Crippen LogP) is 3.02. The summed E-state index contributed by atoms with van der Waals surface area (Å²) in [5.74, 6) is 1.60. The normalized spacial score (nSPS) is 10.7. The number of hydrogen-bond acceptors (Lipinski definition) is 3. The first-order valence-electron chi connectivity index (χ1n) is 6.72. The Morgan fingerprint density at radius 1 is 1.26 bits per heavy atom. The van der Waals surface area contributed by atoms with E-state index in [0.29, 0.717) is 6.61 Å². The number of aromatic nitrogens is 2. The smallest absolute Gasteiger partial charge is 0.128 e. The lowest BCUT2D eigenvalue weighted by Gasteiger charge is -2.09. The zero-order chi connectivity index (χ0) is 13.8. The van der Waals surface area contributed by atoms with Gasteiger partial charge in [0.05, 0.1) is 6.61 Å². The van der Waals surface area contributed by atoms with Crippen molar-refractivity contribution in [2.24, 2.45) is 7.05 Å². The Balaban J connectivity index is 2.55. The third-order valence-electron chi connectivity index (χ3n) is 3.14. The molecule has 0 amide bonds. The number of nitrogen functional groups attached to an aromatic ring is 1. The summed E-state index contributed by atoms with van der Waals surface area (Å²) in [6, 6.07) is 7.98. The maximum absolute atomic E-state index is 6.11. The number of anilines is 1. The highest BCUT2D eigenvalue weighted by atomic mass is 16.5. The number of hydrogen-bond donors (Lipinski definition) is 1. The van der Waals surface area contributed by atoms with E-state index >= 15 is 0 Å². The lowest BCUT2D eigenvalue weighted by atomic mass is 10.0. The van der Waals surface area contributed by atoms with Gasteiger partial charge in [-0.1, -0.05) is 25.5 Å². The predicted molar refractivity (Wildman–Crippen MR) is 78.2 cm³/mol. The number of ether oxygens (including phenoxy) is 1. The van der Waals surface area contributed by atoms with Crippen molar-refractivity contribution < 1.29 is 4.74 Å². The zero-order valence-corrected chi connectivity index (χ0v) is 11.8. The lowest BCUT2D eigenvalue weighted by Crippen LogP contribution is -1.99. The molecule has 0 aliphatic rings. The van der Waals surface area contributed by atoms with E-state index in [4.69, 9.17) is 10.5 Å². The molecule has 2 aromatic rings. The highest BCUT2D eigenvalue weighted by Gasteiger charge is 2.17. The van der Waals surface area contributed by atoms with Crippen LogP contribution in [0.4, 0.5) is 5.82 Å². The minimum atomic E-state index is 0.641. The Bertz CT molecular complexity index is 561. The Hall–Kier alpha value is -1.97. The van der Waals surface area contributed by atoms with Gasteiger partial charge in [0.2, 0.25) is 0 Å². The molecule has 0 spiro atoms. The van der Waals surface area contributed by atoms with Crippen LogP contribution in [-0.2, 0) is 13.5 Å². The SMILES string of the molecule is CCCc1c(-c2ccccc2OCC)nn(C)c1N. The number of benzene rings is 1. The van der Waals surface area contributed by atoms with Crippen LogP contribution in [0.15, 0.2) is 24.3 Å². The van der Waals surface area contributed by atoms with Gasteiger partial charge in [0.1, 0.15) is 17.3 Å². The second kappa shape index (κ2) is 5.78. The zero-order valence-electron chi connectivity index (χ0n) is 11.8. The van der Waals surface area contributed by atoms with Crippen LogP contribution in [0.2, 0.25) is 0 Å². The minimum Gasteiger partial charge on any atom is -0.493 e. The average molecular weight is 259 g/mol. The van der Waals surface area contributed by atoms with Crippen molar-refractivity contribution in [2.45, 2.75) is 26.7 Å². The molecule has 1 aromatic carbocycles. The van der Waals surface area contributed by atoms with Gasteiger partial charge in [-0.3, -0.25) is 4.68 Å². The van der Waals surface area contributed by atoms with Crippen LogP contribution < -0.4 is 10.5 Å². The first-order valence-corrected chi connectivity index (χ1v) is 6.72. The Morgan fingerprint density at radius 2 is 2.00 bits per heavy atom. The van der Waals surface area contributed by atoms with Crippen molar-refractivity contribution in [3.63, 3.8) is 0 Å². The number of para-hydroxylation sites is 1. The fourth-order valence-corrected chi connectivity index (χ4v) is 2.24. The summed E-state index contributed by atoms with van der Waals surface area (Å²) in [4.78, 5) is 0. The first kappa shape index (κ1) is 13.5. The summed E-state index contributed by atoms with van der Waals surface area (Å²) >= 11 is 0. The van der Waals surface area contributed by atoms with Crippen molar-refractivity contribution in [1.82, 2.24) is 9.78 Å². The molecule has 4 nitrogen and oxygen atoms in total. The molecule has 2 N–H and O–H groups in total. The fraction of sp³-hybridized carbons (Fsp3) is 0.400. The van der Waals surface area contributed by atoms with Gasteiger partial charge in [0.15, 0.2) is 0 Å². The molecule has 2 rings (SSSR count). The van der Waals surface area contributed by atoms with Crippen LogP contribution in [0.1, 0.15) is 25.8 Å². The maximum atomic E-state index is 6.11. The Morgan fingerprint density at radius 3 is 2.68 bits per heavy atom. The summed E-state index contributed by atoms with van der Waals surface area (Å²) in [5.41, 5.74) is 9.17. The molecule has 19 heavy (non-hydrogen) atoms. The van der Waals surface area contributed by atoms with Crippen molar-refractivity contribution in [3.8, 4) is 17.0 Å². The molecule has 0 saturated carbocycles. The van der Waals surface area contributed by atoms with Gasteiger partial charge in [-0.05, 0) is 25.5 Å². The molecule has 1 heterocycles. The van der Waals surface area contributed by atoms with Gasteiger partial charge in [0.25, 0.3) is 0 Å². The maximum Gasteiger partial charge on any atom is 0.128 e. The van der Waals surface area contributed by atoms with E-state index in [-0.39, 0.29) is 0 Å². The van der Waals surface area contributed by atoms with Gasteiger partial charge >= 0.3 is 0 Å². The van der Waals surface area contributed by atoms with Crippen LogP contribution >= 0.6 is 0 Å². The van der Waals surface area contributed by atoms with Gasteiger partial charge in [-0.25, -0.2) is 0 Å². The number of nitrogens with zero attached hydrogens (tertiary/aromatic N) is 2. The van der Waals surface area contributed by atoms with Gasteiger partial charge in [0, 0.05) is 18.2 Å². The van der Waals surface area contributed by atoms with Crippen molar-refractivity contribution in [2.75, 3.05) is 12.3 Å². The quantitative estimate of drug-likeness (QED) is 0.898.